The van der Waals surface area contributed by atoms with Gasteiger partial charge in [-0.25, -0.2) is 0 Å². The first-order chi connectivity index (χ1) is 9.21. The molecule has 2 aromatic rings. The van der Waals surface area contributed by atoms with E-state index in [0.717, 1.165) is 0 Å². The third-order valence-electron chi connectivity index (χ3n) is 2.56. The maximum Gasteiger partial charge on any atom is 0.0294 e. The molecule has 0 amide bonds. The molecule has 0 fully saturated rings. The van der Waals surface area contributed by atoms with Crippen LogP contribution in [0.1, 0.15) is 39.1 Å². The van der Waals surface area contributed by atoms with Gasteiger partial charge in [0.15, 0.2) is 0 Å². The van der Waals surface area contributed by atoms with E-state index in [-0.39, 0.29) is 32.0 Å². The Balaban J connectivity index is -0.000000308. The fourth-order valence-corrected chi connectivity index (χ4v) is 1.44. The average molecular weight is 488 g/mol. The van der Waals surface area contributed by atoms with Gasteiger partial charge in [0.1, 0.15) is 0 Å². The van der Waals surface area contributed by atoms with Gasteiger partial charge in [0.05, 0.1) is 0 Å². The Bertz CT molecular complexity index is 462. The van der Waals surface area contributed by atoms with Gasteiger partial charge in [0.25, 0.3) is 0 Å². The number of aromatic nitrogens is 2. The first-order valence-electron chi connectivity index (χ1n) is 6.45. The summed E-state index contributed by atoms with van der Waals surface area (Å²) in [5.74, 6) is 0. The van der Waals surface area contributed by atoms with E-state index in [1.165, 1.54) is 0 Å². The molecular weight excluding hydrogens is 468 g/mol. The van der Waals surface area contributed by atoms with Crippen molar-refractivity contribution >= 4 is 0 Å². The van der Waals surface area contributed by atoms with Crippen LogP contribution in [0.2, 0.25) is 0 Å². The zero-order valence-corrected chi connectivity index (χ0v) is 16.5. The van der Waals surface area contributed by atoms with Crippen LogP contribution in [0.15, 0.2) is 48.8 Å². The van der Waals surface area contributed by atoms with Crippen molar-refractivity contribution in [3.8, 4) is 0 Å². The Morgan fingerprint density at radius 1 is 0.696 bits per heavy atom. The smallest absolute Gasteiger partial charge is 0.0294 e. The fraction of sp³-hybridized carbons (Fsp3) is 0.375. The van der Waals surface area contributed by atoms with Gasteiger partial charge < -0.3 is 21.2 Å². The molecule has 130 valence electrons. The summed E-state index contributed by atoms with van der Waals surface area (Å²) in [5, 5.41) is 22.5. The van der Waals surface area contributed by atoms with Crippen LogP contribution >= 0.6 is 0 Å². The summed E-state index contributed by atoms with van der Waals surface area (Å²) in [6, 6.07) is 10.7. The van der Waals surface area contributed by atoms with Gasteiger partial charge in [-0.15, -0.1) is 0 Å². The van der Waals surface area contributed by atoms with Crippen molar-refractivity contribution in [3.05, 3.63) is 60.2 Å². The van der Waals surface area contributed by atoms with E-state index in [2.05, 4.69) is 9.97 Å². The summed E-state index contributed by atoms with van der Waals surface area (Å²) in [4.78, 5) is 7.88. The molecule has 0 saturated carbocycles. The number of hydrogen-bond donors (Lipinski definition) is 0. The van der Waals surface area contributed by atoms with Crippen LogP contribution in [0.3, 0.4) is 0 Å². The topological polar surface area (TPSA) is 129 Å². The van der Waals surface area contributed by atoms with Gasteiger partial charge in [-0.2, -0.15) is 0 Å². The Morgan fingerprint density at radius 3 is 1.13 bits per heavy atom. The van der Waals surface area contributed by atoms with Gasteiger partial charge >= 0.3 is 0 Å². The van der Waals surface area contributed by atoms with Gasteiger partial charge in [0, 0.05) is 44.8 Å². The minimum absolute atomic E-state index is 0. The third-order valence-corrected chi connectivity index (χ3v) is 2.56. The number of pyridine rings is 2. The number of rotatable bonds is 2. The molecule has 0 aliphatic rings. The Hall–Kier alpha value is -1.17. The monoisotopic (exact) mass is 488 g/mol. The molecule has 2 heterocycles. The molecule has 0 atom stereocenters. The molecule has 2 rings (SSSR count). The summed E-state index contributed by atoms with van der Waals surface area (Å²) in [6.45, 7) is 6.43. The third kappa shape index (κ3) is 10.3. The molecule has 0 aliphatic heterocycles. The Kier molecular flexibility index (Phi) is 13.2. The van der Waals surface area contributed by atoms with Gasteiger partial charge in [-0.05, 0) is 24.3 Å². The SMILES string of the molecule is CC(C)([O-])c1ccccn1.CC(C)([O-])c1ccccn1.[O-2].[O-2].[W]. The van der Waals surface area contributed by atoms with E-state index in [1.54, 1.807) is 64.4 Å². The van der Waals surface area contributed by atoms with Crippen LogP contribution in [-0.2, 0) is 43.2 Å². The molecule has 7 heteroatoms. The van der Waals surface area contributed by atoms with Crippen molar-refractivity contribution in [2.75, 3.05) is 0 Å². The van der Waals surface area contributed by atoms with Crippen LogP contribution in [0.5, 0.6) is 0 Å². The molecular formula is C16H20N2O4W-6. The molecule has 0 radical (unpaired) electrons. The van der Waals surface area contributed by atoms with Crippen LogP contribution in [-0.4, -0.2) is 9.97 Å². The largest absolute Gasteiger partial charge is 2.00 e. The van der Waals surface area contributed by atoms with Crippen LogP contribution in [0, 0.1) is 0 Å². The van der Waals surface area contributed by atoms with Crippen LogP contribution in [0.4, 0.5) is 0 Å². The summed E-state index contributed by atoms with van der Waals surface area (Å²) < 4.78 is 0. The normalized spacial score (nSPS) is 10.0. The molecule has 0 bridgehead atoms. The molecule has 0 N–H and O–H groups in total. The van der Waals surface area contributed by atoms with E-state index in [4.69, 9.17) is 0 Å². The molecule has 0 spiro atoms. The second-order valence-electron chi connectivity index (χ2n) is 5.45. The molecule has 2 aromatic heterocycles. The first-order valence-corrected chi connectivity index (χ1v) is 6.45. The Labute approximate surface area is 151 Å². The second-order valence-corrected chi connectivity index (χ2v) is 5.45. The fourth-order valence-electron chi connectivity index (χ4n) is 1.44. The van der Waals surface area contributed by atoms with Crippen molar-refractivity contribution in [1.82, 2.24) is 9.97 Å². The maximum absolute atomic E-state index is 11.2. The zero-order chi connectivity index (χ0) is 15.2. The molecule has 0 saturated heterocycles. The molecule has 0 aromatic carbocycles. The van der Waals surface area contributed by atoms with Crippen molar-refractivity contribution in [2.45, 2.75) is 38.9 Å². The summed E-state index contributed by atoms with van der Waals surface area (Å²) >= 11 is 0. The van der Waals surface area contributed by atoms with Gasteiger partial charge in [0.2, 0.25) is 0 Å². The predicted octanol–water partition coefficient (Wildman–Crippen LogP) is 1.11. The maximum atomic E-state index is 11.2. The van der Waals surface area contributed by atoms with Crippen molar-refractivity contribution < 1.29 is 42.2 Å². The molecule has 6 nitrogen and oxygen atoms in total. The van der Waals surface area contributed by atoms with E-state index < -0.39 is 11.2 Å². The van der Waals surface area contributed by atoms with E-state index in [9.17, 15) is 10.2 Å². The quantitative estimate of drug-likeness (QED) is 0.628. The van der Waals surface area contributed by atoms with Crippen LogP contribution in [0.25, 0.3) is 0 Å². The van der Waals surface area contributed by atoms with E-state index in [1.807, 2.05) is 12.1 Å². The Morgan fingerprint density at radius 2 is 1.00 bits per heavy atom. The minimum atomic E-state index is -1.07. The van der Waals surface area contributed by atoms with Gasteiger partial charge in [-0.1, -0.05) is 51.0 Å². The average Bonchev–Trinajstić information content (AvgIpc) is 2.40. The standard InChI is InChI=1S/2C8H10NO.2O.W/c2*1-8(2,10)7-5-3-4-6-9-7;;;/h2*3-6H,1-2H3;;;/q2*-1;2*-2;. The summed E-state index contributed by atoms with van der Waals surface area (Å²) in [7, 11) is 0. The molecule has 23 heavy (non-hydrogen) atoms. The second kappa shape index (κ2) is 11.4. The van der Waals surface area contributed by atoms with Crippen molar-refractivity contribution in [2.24, 2.45) is 0 Å². The molecule has 0 aliphatic carbocycles. The van der Waals surface area contributed by atoms with E-state index in [0.29, 0.717) is 11.4 Å². The predicted molar refractivity (Wildman–Crippen MR) is 75.9 cm³/mol. The minimum Gasteiger partial charge on any atom is -2.00 e. The molecule has 0 unspecified atom stereocenters. The van der Waals surface area contributed by atoms with Crippen LogP contribution < -0.4 is 10.2 Å². The first kappa shape index (κ1) is 26.7. The van der Waals surface area contributed by atoms with Crippen molar-refractivity contribution in [1.29, 1.82) is 0 Å². The van der Waals surface area contributed by atoms with Crippen molar-refractivity contribution in [3.63, 3.8) is 0 Å². The number of hydrogen-bond acceptors (Lipinski definition) is 4. The van der Waals surface area contributed by atoms with E-state index >= 15 is 0 Å². The van der Waals surface area contributed by atoms with Gasteiger partial charge in [-0.3, -0.25) is 9.97 Å². The zero-order valence-electron chi connectivity index (χ0n) is 13.6. The summed E-state index contributed by atoms with van der Waals surface area (Å²) in [6.07, 6.45) is 3.27. The summed E-state index contributed by atoms with van der Waals surface area (Å²) in [5.41, 5.74) is -0.951. The number of nitrogens with zero attached hydrogens (tertiary/aromatic N) is 2.